The second kappa shape index (κ2) is 5.54. The number of aromatic nitrogens is 1. The van der Waals surface area contributed by atoms with Gasteiger partial charge in [-0.25, -0.2) is 4.98 Å². The van der Waals surface area contributed by atoms with E-state index in [2.05, 4.69) is 13.8 Å². The van der Waals surface area contributed by atoms with Crippen LogP contribution in [0.1, 0.15) is 47.5 Å². The predicted molar refractivity (Wildman–Crippen MR) is 90.4 cm³/mol. The molecule has 2 nitrogen and oxygen atoms in total. The first-order valence-electron chi connectivity index (χ1n) is 7.03. The molecule has 0 aliphatic heterocycles. The van der Waals surface area contributed by atoms with Gasteiger partial charge in [0.1, 0.15) is 0 Å². The van der Waals surface area contributed by atoms with Crippen molar-refractivity contribution < 1.29 is 0 Å². The molecule has 1 aromatic carbocycles. The zero-order chi connectivity index (χ0) is 15.2. The van der Waals surface area contributed by atoms with Gasteiger partial charge in [0.15, 0.2) is 0 Å². The molecular weight excluding hydrogens is 323 g/mol. The van der Waals surface area contributed by atoms with Crippen molar-refractivity contribution in [3.05, 3.63) is 49.4 Å². The number of nitrogens with zero attached hydrogens (tertiary/aromatic N) is 1. The maximum absolute atomic E-state index is 6.31. The van der Waals surface area contributed by atoms with Crippen LogP contribution in [0.25, 0.3) is 0 Å². The molecule has 0 spiro atoms. The minimum absolute atomic E-state index is 0.0942. The van der Waals surface area contributed by atoms with Crippen molar-refractivity contribution >= 4 is 34.5 Å². The van der Waals surface area contributed by atoms with Gasteiger partial charge in [-0.1, -0.05) is 43.1 Å². The van der Waals surface area contributed by atoms with E-state index >= 15 is 0 Å². The molecule has 1 aliphatic rings. The summed E-state index contributed by atoms with van der Waals surface area (Å²) in [6.45, 7) is 4.50. The van der Waals surface area contributed by atoms with Crippen LogP contribution in [0, 0.1) is 5.41 Å². The zero-order valence-corrected chi connectivity index (χ0v) is 14.4. The van der Waals surface area contributed by atoms with E-state index in [1.165, 1.54) is 4.88 Å². The summed E-state index contributed by atoms with van der Waals surface area (Å²) in [5, 5.41) is 2.43. The van der Waals surface area contributed by atoms with Crippen molar-refractivity contribution in [1.29, 1.82) is 0 Å². The van der Waals surface area contributed by atoms with Crippen LogP contribution in [0.3, 0.4) is 0 Å². The smallest absolute Gasteiger partial charge is 0.0976 e. The minimum Gasteiger partial charge on any atom is -0.323 e. The summed E-state index contributed by atoms with van der Waals surface area (Å²) in [6, 6.07) is 5.69. The fourth-order valence-electron chi connectivity index (χ4n) is 2.97. The summed E-state index contributed by atoms with van der Waals surface area (Å²) >= 11 is 14.2. The van der Waals surface area contributed by atoms with Gasteiger partial charge in [0.2, 0.25) is 0 Å². The zero-order valence-electron chi connectivity index (χ0n) is 12.1. The van der Waals surface area contributed by atoms with E-state index in [-0.39, 0.29) is 11.5 Å². The SMILES string of the molecule is CC1(C)Cc2nc(Cc3c(Cl)cccc3Cl)sc2C(N)C1. The lowest BCUT2D eigenvalue weighted by Gasteiger charge is -2.32. The van der Waals surface area contributed by atoms with Crippen molar-refractivity contribution in [2.45, 2.75) is 39.2 Å². The molecule has 2 aromatic rings. The highest BCUT2D eigenvalue weighted by Gasteiger charge is 2.33. The molecule has 1 atom stereocenters. The Labute approximate surface area is 139 Å². The van der Waals surface area contributed by atoms with Crippen LogP contribution in [0.2, 0.25) is 10.0 Å². The van der Waals surface area contributed by atoms with Crippen molar-refractivity contribution in [2.24, 2.45) is 11.1 Å². The average Bonchev–Trinajstić information content (AvgIpc) is 2.75. The fraction of sp³-hybridized carbons (Fsp3) is 0.438. The number of benzene rings is 1. The van der Waals surface area contributed by atoms with Gasteiger partial charge < -0.3 is 5.73 Å². The molecule has 2 N–H and O–H groups in total. The number of rotatable bonds is 2. The second-order valence-electron chi connectivity index (χ2n) is 6.45. The van der Waals surface area contributed by atoms with E-state index in [9.17, 15) is 0 Å². The fourth-order valence-corrected chi connectivity index (χ4v) is 4.60. The quantitative estimate of drug-likeness (QED) is 0.834. The standard InChI is InChI=1S/C16H18Cl2N2S/c1-16(2)7-12(19)15-13(8-16)20-14(21-15)6-9-10(17)4-3-5-11(9)18/h3-5,12H,6-8,19H2,1-2H3. The monoisotopic (exact) mass is 340 g/mol. The Balaban J connectivity index is 1.92. The Hall–Kier alpha value is -0.610. The first kappa shape index (κ1) is 15.3. The first-order valence-corrected chi connectivity index (χ1v) is 8.60. The van der Waals surface area contributed by atoms with Crippen molar-refractivity contribution in [1.82, 2.24) is 4.98 Å². The maximum Gasteiger partial charge on any atom is 0.0976 e. The Morgan fingerprint density at radius 3 is 2.67 bits per heavy atom. The molecule has 21 heavy (non-hydrogen) atoms. The Morgan fingerprint density at radius 2 is 2.00 bits per heavy atom. The van der Waals surface area contributed by atoms with E-state index in [0.29, 0.717) is 16.5 Å². The number of hydrogen-bond acceptors (Lipinski definition) is 3. The molecule has 0 bridgehead atoms. The van der Waals surface area contributed by atoms with Crippen molar-refractivity contribution in [3.63, 3.8) is 0 Å². The van der Waals surface area contributed by atoms with Gasteiger partial charge in [-0.05, 0) is 36.0 Å². The number of halogens is 2. The predicted octanol–water partition coefficient (Wildman–Crippen LogP) is 5.01. The highest BCUT2D eigenvalue weighted by molar-refractivity contribution is 7.11. The molecule has 0 saturated carbocycles. The van der Waals surface area contributed by atoms with Gasteiger partial charge in [0, 0.05) is 27.4 Å². The molecule has 5 heteroatoms. The van der Waals surface area contributed by atoms with E-state index in [1.54, 1.807) is 11.3 Å². The lowest BCUT2D eigenvalue weighted by Crippen LogP contribution is -2.28. The summed E-state index contributed by atoms with van der Waals surface area (Å²) in [4.78, 5) is 6.02. The van der Waals surface area contributed by atoms with Crippen LogP contribution in [-0.2, 0) is 12.8 Å². The van der Waals surface area contributed by atoms with Crippen LogP contribution in [-0.4, -0.2) is 4.98 Å². The lowest BCUT2D eigenvalue weighted by atomic mass is 9.77. The van der Waals surface area contributed by atoms with E-state index in [1.807, 2.05) is 18.2 Å². The van der Waals surface area contributed by atoms with Gasteiger partial charge in [-0.3, -0.25) is 0 Å². The summed E-state index contributed by atoms with van der Waals surface area (Å²) in [7, 11) is 0. The van der Waals surface area contributed by atoms with E-state index < -0.39 is 0 Å². The van der Waals surface area contributed by atoms with Gasteiger partial charge in [-0.2, -0.15) is 0 Å². The molecule has 0 amide bonds. The van der Waals surface area contributed by atoms with Crippen LogP contribution in [0.5, 0.6) is 0 Å². The molecule has 1 heterocycles. The Bertz CT molecular complexity index is 659. The van der Waals surface area contributed by atoms with Crippen molar-refractivity contribution in [3.8, 4) is 0 Å². The molecule has 0 fully saturated rings. The first-order chi connectivity index (χ1) is 9.85. The molecule has 1 aromatic heterocycles. The maximum atomic E-state index is 6.31. The van der Waals surface area contributed by atoms with Crippen LogP contribution >= 0.6 is 34.5 Å². The molecule has 112 valence electrons. The molecule has 3 rings (SSSR count). The van der Waals surface area contributed by atoms with Gasteiger partial charge in [0.25, 0.3) is 0 Å². The summed E-state index contributed by atoms with van der Waals surface area (Å²) < 4.78 is 0. The Morgan fingerprint density at radius 1 is 1.33 bits per heavy atom. The molecule has 0 saturated heterocycles. The highest BCUT2D eigenvalue weighted by Crippen LogP contribution is 2.42. The summed E-state index contributed by atoms with van der Waals surface area (Å²) in [5.74, 6) is 0. The van der Waals surface area contributed by atoms with Gasteiger partial charge >= 0.3 is 0 Å². The molecule has 1 unspecified atom stereocenters. The van der Waals surface area contributed by atoms with Crippen molar-refractivity contribution in [2.75, 3.05) is 0 Å². The third-order valence-electron chi connectivity index (χ3n) is 3.92. The number of hydrogen-bond donors (Lipinski definition) is 1. The lowest BCUT2D eigenvalue weighted by molar-refractivity contribution is 0.282. The number of thiazole rings is 1. The second-order valence-corrected chi connectivity index (χ2v) is 8.38. The number of nitrogens with two attached hydrogens (primary N) is 1. The molecular formula is C16H18Cl2N2S. The minimum atomic E-state index is 0.0942. The van der Waals surface area contributed by atoms with Gasteiger partial charge in [0.05, 0.1) is 10.7 Å². The third-order valence-corrected chi connectivity index (χ3v) is 5.85. The summed E-state index contributed by atoms with van der Waals surface area (Å²) in [6.07, 6.45) is 2.67. The van der Waals surface area contributed by atoms with Crippen LogP contribution in [0.15, 0.2) is 18.2 Å². The largest absolute Gasteiger partial charge is 0.323 e. The molecule has 0 radical (unpaired) electrons. The third kappa shape index (κ3) is 3.11. The van der Waals surface area contributed by atoms with Crippen LogP contribution < -0.4 is 5.73 Å². The van der Waals surface area contributed by atoms with E-state index in [0.717, 1.165) is 29.1 Å². The summed E-state index contributed by atoms with van der Waals surface area (Å²) in [5.41, 5.74) is 8.63. The van der Waals surface area contributed by atoms with E-state index in [4.69, 9.17) is 33.9 Å². The Kier molecular flexibility index (Phi) is 4.04. The topological polar surface area (TPSA) is 38.9 Å². The molecule has 1 aliphatic carbocycles. The normalized spacial score (nSPS) is 20.3. The number of fused-ring (bicyclic) bond motifs is 1. The van der Waals surface area contributed by atoms with Crippen LogP contribution in [0.4, 0.5) is 0 Å². The average molecular weight is 341 g/mol. The highest BCUT2D eigenvalue weighted by atomic mass is 35.5. The van der Waals surface area contributed by atoms with Gasteiger partial charge in [-0.15, -0.1) is 11.3 Å².